The van der Waals surface area contributed by atoms with Gasteiger partial charge in [0.1, 0.15) is 6.61 Å². The number of hydrogen-bond acceptors (Lipinski definition) is 4. The molecule has 0 spiro atoms. The minimum absolute atomic E-state index is 0.0585. The molecule has 7 heteroatoms. The number of halogens is 2. The Kier molecular flexibility index (Phi) is 8.25. The van der Waals surface area contributed by atoms with Gasteiger partial charge in [0.15, 0.2) is 11.5 Å². The molecule has 2 rings (SSSR count). The van der Waals surface area contributed by atoms with Crippen LogP contribution in [0.4, 0.5) is 0 Å². The number of ether oxygens (including phenoxy) is 2. The number of methoxy groups -OCH3 is 1. The molecule has 0 saturated heterocycles. The summed E-state index contributed by atoms with van der Waals surface area (Å²) in [4.78, 5) is 11.9. The van der Waals surface area contributed by atoms with Gasteiger partial charge in [-0.2, -0.15) is 0 Å². The number of carbonyl (C=O) groups excluding carboxylic acids is 1. The molecule has 0 fully saturated rings. The van der Waals surface area contributed by atoms with E-state index in [4.69, 9.17) is 32.7 Å². The van der Waals surface area contributed by atoms with Crippen LogP contribution in [0.2, 0.25) is 10.0 Å². The summed E-state index contributed by atoms with van der Waals surface area (Å²) in [6.45, 7) is 0.789. The molecule has 0 aromatic heterocycles. The van der Waals surface area contributed by atoms with Crippen molar-refractivity contribution in [2.24, 2.45) is 0 Å². The molecular weight excluding hydrogens is 381 g/mol. The summed E-state index contributed by atoms with van der Waals surface area (Å²) in [5, 5.41) is 4.05. The van der Waals surface area contributed by atoms with Crippen LogP contribution in [0.25, 0.3) is 0 Å². The van der Waals surface area contributed by atoms with Crippen LogP contribution in [-0.2, 0) is 10.5 Å². The number of thioether (sulfide) groups is 1. The van der Waals surface area contributed by atoms with Crippen molar-refractivity contribution >= 4 is 40.9 Å². The molecule has 25 heavy (non-hydrogen) atoms. The molecule has 1 amide bonds. The lowest BCUT2D eigenvalue weighted by Gasteiger charge is -2.11. The first kappa shape index (κ1) is 19.8. The lowest BCUT2D eigenvalue weighted by atomic mass is 10.2. The predicted octanol–water partition coefficient (Wildman–Crippen LogP) is 4.43. The minimum Gasteiger partial charge on any atom is -0.493 e. The van der Waals surface area contributed by atoms with Crippen molar-refractivity contribution in [2.45, 2.75) is 5.75 Å². The zero-order valence-corrected chi connectivity index (χ0v) is 16.1. The van der Waals surface area contributed by atoms with Crippen LogP contribution >= 0.6 is 35.0 Å². The third-order valence-electron chi connectivity index (χ3n) is 3.29. The van der Waals surface area contributed by atoms with Crippen molar-refractivity contribution in [1.82, 2.24) is 5.32 Å². The fraction of sp³-hybridized carbons (Fsp3) is 0.278. The zero-order chi connectivity index (χ0) is 18.1. The molecule has 2 aromatic carbocycles. The standard InChI is InChI=1S/C18H19Cl2NO3S/c1-23-16-7-2-3-8-17(16)24-10-9-21-18(22)12-25-11-13-14(19)5-4-6-15(13)20/h2-8H,9-12H2,1H3,(H,21,22). The van der Waals surface area contributed by atoms with E-state index >= 15 is 0 Å². The summed E-state index contributed by atoms with van der Waals surface area (Å²) in [5.74, 6) is 2.18. The van der Waals surface area contributed by atoms with Crippen molar-refractivity contribution in [1.29, 1.82) is 0 Å². The highest BCUT2D eigenvalue weighted by Crippen LogP contribution is 2.28. The van der Waals surface area contributed by atoms with Gasteiger partial charge in [-0.25, -0.2) is 0 Å². The number of benzene rings is 2. The first-order chi connectivity index (χ1) is 12.1. The Hall–Kier alpha value is -1.56. The van der Waals surface area contributed by atoms with E-state index < -0.39 is 0 Å². The largest absolute Gasteiger partial charge is 0.493 e. The maximum atomic E-state index is 11.9. The van der Waals surface area contributed by atoms with Crippen molar-refractivity contribution in [2.75, 3.05) is 26.0 Å². The third kappa shape index (κ3) is 6.34. The van der Waals surface area contributed by atoms with E-state index in [1.807, 2.05) is 24.3 Å². The topological polar surface area (TPSA) is 47.6 Å². The van der Waals surface area contributed by atoms with Gasteiger partial charge in [0, 0.05) is 15.8 Å². The number of rotatable bonds is 9. The van der Waals surface area contributed by atoms with Crippen molar-refractivity contribution in [3.8, 4) is 11.5 Å². The van der Waals surface area contributed by atoms with Crippen LogP contribution in [0, 0.1) is 0 Å². The summed E-state index contributed by atoms with van der Waals surface area (Å²) in [6.07, 6.45) is 0. The van der Waals surface area contributed by atoms with Crippen LogP contribution in [0.3, 0.4) is 0 Å². The van der Waals surface area contributed by atoms with Gasteiger partial charge in [0.05, 0.1) is 19.4 Å². The van der Waals surface area contributed by atoms with Gasteiger partial charge in [-0.3, -0.25) is 4.79 Å². The molecule has 0 unspecified atom stereocenters. The fourth-order valence-electron chi connectivity index (χ4n) is 2.06. The van der Waals surface area contributed by atoms with Gasteiger partial charge in [-0.15, -0.1) is 11.8 Å². The molecule has 0 atom stereocenters. The monoisotopic (exact) mass is 399 g/mol. The molecule has 0 bridgehead atoms. The molecule has 0 radical (unpaired) electrons. The molecule has 0 saturated carbocycles. The Morgan fingerprint density at radius 2 is 1.76 bits per heavy atom. The van der Waals surface area contributed by atoms with Crippen LogP contribution in [0.5, 0.6) is 11.5 Å². The highest BCUT2D eigenvalue weighted by Gasteiger charge is 2.08. The second-order valence-corrected chi connectivity index (χ2v) is 6.84. The fourth-order valence-corrected chi connectivity index (χ4v) is 3.65. The highest BCUT2D eigenvalue weighted by atomic mass is 35.5. The molecule has 0 heterocycles. The number of para-hydroxylation sites is 2. The highest BCUT2D eigenvalue weighted by molar-refractivity contribution is 7.99. The molecular formula is C18H19Cl2NO3S. The summed E-state index contributed by atoms with van der Waals surface area (Å²) in [6, 6.07) is 12.8. The lowest BCUT2D eigenvalue weighted by Crippen LogP contribution is -2.29. The van der Waals surface area contributed by atoms with Crippen molar-refractivity contribution in [3.05, 3.63) is 58.1 Å². The number of carbonyl (C=O) groups is 1. The first-order valence-corrected chi connectivity index (χ1v) is 9.56. The Morgan fingerprint density at radius 1 is 1.08 bits per heavy atom. The van der Waals surface area contributed by atoms with E-state index in [-0.39, 0.29) is 5.91 Å². The van der Waals surface area contributed by atoms with E-state index in [0.717, 1.165) is 5.56 Å². The van der Waals surface area contributed by atoms with Crippen LogP contribution in [0.15, 0.2) is 42.5 Å². The predicted molar refractivity (Wildman–Crippen MR) is 104 cm³/mol. The normalized spacial score (nSPS) is 10.4. The quantitative estimate of drug-likeness (QED) is 0.633. The summed E-state index contributed by atoms with van der Waals surface area (Å²) < 4.78 is 10.8. The summed E-state index contributed by atoms with van der Waals surface area (Å²) in [5.41, 5.74) is 0.850. The second-order valence-electron chi connectivity index (χ2n) is 5.04. The van der Waals surface area contributed by atoms with Crippen LogP contribution in [-0.4, -0.2) is 31.9 Å². The SMILES string of the molecule is COc1ccccc1OCCNC(=O)CSCc1c(Cl)cccc1Cl. The van der Waals surface area contributed by atoms with E-state index in [2.05, 4.69) is 5.32 Å². The zero-order valence-electron chi connectivity index (χ0n) is 13.8. The smallest absolute Gasteiger partial charge is 0.230 e. The second kappa shape index (κ2) is 10.4. The average molecular weight is 400 g/mol. The Balaban J connectivity index is 1.66. The Labute approximate surface area is 161 Å². The van der Waals surface area contributed by atoms with Gasteiger partial charge in [-0.05, 0) is 29.8 Å². The molecule has 2 aromatic rings. The molecule has 0 aliphatic heterocycles. The lowest BCUT2D eigenvalue weighted by molar-refractivity contribution is -0.118. The van der Waals surface area contributed by atoms with Gasteiger partial charge in [0.25, 0.3) is 0 Å². The summed E-state index contributed by atoms with van der Waals surface area (Å²) >= 11 is 13.7. The number of amides is 1. The first-order valence-electron chi connectivity index (χ1n) is 7.65. The van der Waals surface area contributed by atoms with Crippen LogP contribution < -0.4 is 14.8 Å². The van der Waals surface area contributed by atoms with Gasteiger partial charge in [0.2, 0.25) is 5.91 Å². The Morgan fingerprint density at radius 3 is 2.44 bits per heavy atom. The molecule has 0 aliphatic carbocycles. The van der Waals surface area contributed by atoms with E-state index in [9.17, 15) is 4.79 Å². The third-order valence-corrected chi connectivity index (χ3v) is 4.96. The van der Waals surface area contributed by atoms with E-state index in [0.29, 0.717) is 46.2 Å². The van der Waals surface area contributed by atoms with E-state index in [1.54, 1.807) is 25.3 Å². The van der Waals surface area contributed by atoms with E-state index in [1.165, 1.54) is 11.8 Å². The number of hydrogen-bond donors (Lipinski definition) is 1. The average Bonchev–Trinajstić information content (AvgIpc) is 2.61. The minimum atomic E-state index is -0.0585. The Bertz CT molecular complexity index is 692. The maximum Gasteiger partial charge on any atom is 0.230 e. The van der Waals surface area contributed by atoms with Crippen molar-refractivity contribution < 1.29 is 14.3 Å². The molecule has 4 nitrogen and oxygen atoms in total. The van der Waals surface area contributed by atoms with Gasteiger partial charge < -0.3 is 14.8 Å². The van der Waals surface area contributed by atoms with Crippen LogP contribution in [0.1, 0.15) is 5.56 Å². The summed E-state index contributed by atoms with van der Waals surface area (Å²) in [7, 11) is 1.59. The van der Waals surface area contributed by atoms with Gasteiger partial charge in [-0.1, -0.05) is 41.4 Å². The molecule has 134 valence electrons. The maximum absolute atomic E-state index is 11.9. The van der Waals surface area contributed by atoms with Gasteiger partial charge >= 0.3 is 0 Å². The molecule has 0 aliphatic rings. The molecule has 1 N–H and O–H groups in total. The van der Waals surface area contributed by atoms with Crippen molar-refractivity contribution in [3.63, 3.8) is 0 Å². The number of nitrogens with one attached hydrogen (secondary N) is 1.